The number of hydrogen-bond donors (Lipinski definition) is 2. The van der Waals surface area contributed by atoms with Crippen LogP contribution in [0.2, 0.25) is 0 Å². The first-order valence-electron chi connectivity index (χ1n) is 7.91. The predicted octanol–water partition coefficient (Wildman–Crippen LogP) is 2.35. The van der Waals surface area contributed by atoms with Gasteiger partial charge in [0.05, 0.1) is 12.7 Å². The van der Waals surface area contributed by atoms with Crippen molar-refractivity contribution < 1.29 is 9.13 Å². The molecule has 25 heavy (non-hydrogen) atoms. The standard InChI is InChI=1S/C17H24FN5O.HI/c1-13(24-16-6-4-15(18)5-7-16)10-21-17(19-2)20-9-8-14-11-22-23(3)12-14;/h4-7,11-13H,8-10H2,1-3H3,(H2,19,20,21);1H. The molecule has 1 heterocycles. The zero-order valence-electron chi connectivity index (χ0n) is 14.7. The first-order valence-corrected chi connectivity index (χ1v) is 7.91. The molecule has 0 saturated carbocycles. The molecule has 0 radical (unpaired) electrons. The van der Waals surface area contributed by atoms with Crippen molar-refractivity contribution in [2.45, 2.75) is 19.4 Å². The summed E-state index contributed by atoms with van der Waals surface area (Å²) in [6.45, 7) is 3.29. The van der Waals surface area contributed by atoms with Gasteiger partial charge in [-0.2, -0.15) is 5.10 Å². The van der Waals surface area contributed by atoms with E-state index in [0.29, 0.717) is 18.3 Å². The van der Waals surface area contributed by atoms with Gasteiger partial charge < -0.3 is 15.4 Å². The summed E-state index contributed by atoms with van der Waals surface area (Å²) < 4.78 is 20.4. The minimum absolute atomic E-state index is 0. The van der Waals surface area contributed by atoms with Gasteiger partial charge in [-0.1, -0.05) is 0 Å². The van der Waals surface area contributed by atoms with Crippen molar-refractivity contribution in [3.63, 3.8) is 0 Å². The van der Waals surface area contributed by atoms with Gasteiger partial charge in [0.2, 0.25) is 0 Å². The van der Waals surface area contributed by atoms with Gasteiger partial charge in [0.25, 0.3) is 0 Å². The number of aliphatic imine (C=N–C) groups is 1. The second-order valence-electron chi connectivity index (χ2n) is 5.53. The summed E-state index contributed by atoms with van der Waals surface area (Å²) in [5, 5.41) is 10.6. The third-order valence-electron chi connectivity index (χ3n) is 3.40. The number of guanidine groups is 1. The third-order valence-corrected chi connectivity index (χ3v) is 3.40. The first-order chi connectivity index (χ1) is 11.6. The van der Waals surface area contributed by atoms with E-state index in [9.17, 15) is 4.39 Å². The average molecular weight is 461 g/mol. The van der Waals surface area contributed by atoms with Crippen molar-refractivity contribution in [3.05, 3.63) is 48.0 Å². The van der Waals surface area contributed by atoms with E-state index in [0.717, 1.165) is 13.0 Å². The van der Waals surface area contributed by atoms with Crippen LogP contribution in [0.4, 0.5) is 4.39 Å². The van der Waals surface area contributed by atoms with Gasteiger partial charge in [-0.25, -0.2) is 4.39 Å². The Labute approximate surface area is 164 Å². The van der Waals surface area contributed by atoms with Crippen molar-refractivity contribution in [1.82, 2.24) is 20.4 Å². The second kappa shape index (κ2) is 10.9. The molecular weight excluding hydrogens is 436 g/mol. The van der Waals surface area contributed by atoms with Gasteiger partial charge >= 0.3 is 0 Å². The Hall–Kier alpha value is -1.84. The number of halogens is 2. The molecule has 1 unspecified atom stereocenters. The highest BCUT2D eigenvalue weighted by Crippen LogP contribution is 2.12. The molecule has 2 aromatic rings. The van der Waals surface area contributed by atoms with Crippen molar-refractivity contribution in [2.24, 2.45) is 12.0 Å². The van der Waals surface area contributed by atoms with E-state index in [1.165, 1.54) is 17.7 Å². The summed E-state index contributed by atoms with van der Waals surface area (Å²) in [5.74, 6) is 1.09. The third kappa shape index (κ3) is 7.72. The van der Waals surface area contributed by atoms with Crippen LogP contribution in [0.1, 0.15) is 12.5 Å². The molecule has 1 aromatic carbocycles. The van der Waals surface area contributed by atoms with Crippen LogP contribution in [0, 0.1) is 5.82 Å². The van der Waals surface area contributed by atoms with E-state index >= 15 is 0 Å². The SMILES string of the molecule is CN=C(NCCc1cnn(C)c1)NCC(C)Oc1ccc(F)cc1.I. The Balaban J connectivity index is 0.00000312. The van der Waals surface area contributed by atoms with Crippen LogP contribution >= 0.6 is 24.0 Å². The largest absolute Gasteiger partial charge is 0.489 e. The lowest BCUT2D eigenvalue weighted by molar-refractivity contribution is 0.223. The van der Waals surface area contributed by atoms with E-state index in [4.69, 9.17) is 4.74 Å². The molecule has 0 saturated heterocycles. The predicted molar refractivity (Wildman–Crippen MR) is 108 cm³/mol. The average Bonchev–Trinajstić information content (AvgIpc) is 2.98. The van der Waals surface area contributed by atoms with Gasteiger partial charge in [0, 0.05) is 26.8 Å². The summed E-state index contributed by atoms with van der Waals surface area (Å²) in [5.41, 5.74) is 1.17. The first kappa shape index (κ1) is 21.2. The van der Waals surface area contributed by atoms with Crippen LogP contribution in [0.3, 0.4) is 0 Å². The number of benzene rings is 1. The molecule has 0 aliphatic carbocycles. The van der Waals surface area contributed by atoms with Crippen molar-refractivity contribution in [3.8, 4) is 5.75 Å². The minimum atomic E-state index is -0.272. The van der Waals surface area contributed by atoms with E-state index in [2.05, 4.69) is 20.7 Å². The molecule has 6 nitrogen and oxygen atoms in total. The monoisotopic (exact) mass is 461 g/mol. The molecule has 0 aliphatic rings. The Morgan fingerprint density at radius 2 is 2.04 bits per heavy atom. The highest BCUT2D eigenvalue weighted by atomic mass is 127. The summed E-state index contributed by atoms with van der Waals surface area (Å²) >= 11 is 0. The van der Waals surface area contributed by atoms with Crippen LogP contribution in [0.25, 0.3) is 0 Å². The molecule has 138 valence electrons. The van der Waals surface area contributed by atoms with Crippen molar-refractivity contribution in [1.29, 1.82) is 0 Å². The number of ether oxygens (including phenoxy) is 1. The molecule has 1 atom stereocenters. The number of hydrogen-bond acceptors (Lipinski definition) is 3. The number of aromatic nitrogens is 2. The Morgan fingerprint density at radius 3 is 2.64 bits per heavy atom. The molecule has 2 N–H and O–H groups in total. The molecule has 1 aromatic heterocycles. The quantitative estimate of drug-likeness (QED) is 0.378. The summed E-state index contributed by atoms with van der Waals surface area (Å²) in [6, 6.07) is 6.00. The van der Waals surface area contributed by atoms with Gasteiger partial charge in [-0.05, 0) is 43.2 Å². The van der Waals surface area contributed by atoms with Gasteiger partial charge in [-0.3, -0.25) is 9.67 Å². The number of aryl methyl sites for hydroxylation is 1. The molecule has 0 amide bonds. The topological polar surface area (TPSA) is 63.5 Å². The van der Waals surface area contributed by atoms with Crippen molar-refractivity contribution >= 4 is 29.9 Å². The van der Waals surface area contributed by atoms with E-state index in [1.807, 2.05) is 26.4 Å². The maximum absolute atomic E-state index is 12.9. The second-order valence-corrected chi connectivity index (χ2v) is 5.53. The Bertz CT molecular complexity index is 659. The lowest BCUT2D eigenvalue weighted by atomic mass is 10.2. The maximum Gasteiger partial charge on any atom is 0.191 e. The molecule has 0 bridgehead atoms. The zero-order valence-corrected chi connectivity index (χ0v) is 17.0. The van der Waals surface area contributed by atoms with Crippen LogP contribution in [0.5, 0.6) is 5.75 Å². The van der Waals surface area contributed by atoms with Crippen molar-refractivity contribution in [2.75, 3.05) is 20.1 Å². The fourth-order valence-electron chi connectivity index (χ4n) is 2.17. The molecule has 0 aliphatic heterocycles. The fourth-order valence-corrected chi connectivity index (χ4v) is 2.17. The lowest BCUT2D eigenvalue weighted by Gasteiger charge is -2.17. The highest BCUT2D eigenvalue weighted by Gasteiger charge is 2.06. The Morgan fingerprint density at radius 1 is 1.32 bits per heavy atom. The van der Waals surface area contributed by atoms with Crippen LogP contribution in [-0.2, 0) is 13.5 Å². The number of nitrogens with one attached hydrogen (secondary N) is 2. The number of rotatable bonds is 7. The summed E-state index contributed by atoms with van der Waals surface area (Å²) in [7, 11) is 3.63. The van der Waals surface area contributed by atoms with E-state index in [-0.39, 0.29) is 35.9 Å². The minimum Gasteiger partial charge on any atom is -0.489 e. The fraction of sp³-hybridized carbons (Fsp3) is 0.412. The molecule has 2 rings (SSSR count). The van der Waals surface area contributed by atoms with E-state index < -0.39 is 0 Å². The normalized spacial score (nSPS) is 12.2. The summed E-state index contributed by atoms with van der Waals surface area (Å²) in [4.78, 5) is 4.18. The zero-order chi connectivity index (χ0) is 17.4. The van der Waals surface area contributed by atoms with Gasteiger partial charge in [-0.15, -0.1) is 24.0 Å². The molecular formula is C17H25FIN5O. The smallest absolute Gasteiger partial charge is 0.191 e. The molecule has 0 fully saturated rings. The van der Waals surface area contributed by atoms with Crippen LogP contribution < -0.4 is 15.4 Å². The highest BCUT2D eigenvalue weighted by molar-refractivity contribution is 14.0. The lowest BCUT2D eigenvalue weighted by Crippen LogP contribution is -2.42. The summed E-state index contributed by atoms with van der Waals surface area (Å²) in [6.07, 6.45) is 4.65. The Kier molecular flexibility index (Phi) is 9.25. The van der Waals surface area contributed by atoms with Gasteiger partial charge in [0.15, 0.2) is 5.96 Å². The number of nitrogens with zero attached hydrogens (tertiary/aromatic N) is 3. The van der Waals surface area contributed by atoms with Crippen LogP contribution in [-0.4, -0.2) is 42.0 Å². The van der Waals surface area contributed by atoms with Gasteiger partial charge in [0.1, 0.15) is 17.7 Å². The maximum atomic E-state index is 12.9. The molecule has 8 heteroatoms. The van der Waals surface area contributed by atoms with E-state index in [1.54, 1.807) is 23.9 Å². The van der Waals surface area contributed by atoms with Crippen LogP contribution in [0.15, 0.2) is 41.7 Å². The molecule has 0 spiro atoms.